The molecule has 2 atom stereocenters. The van der Waals surface area contributed by atoms with E-state index >= 15 is 0 Å². The maximum atomic E-state index is 11.9. The number of nitrogens with one attached hydrogen (secondary N) is 1. The maximum Gasteiger partial charge on any atom is 0.224 e. The van der Waals surface area contributed by atoms with E-state index in [-0.39, 0.29) is 42.7 Å². The summed E-state index contributed by atoms with van der Waals surface area (Å²) in [6.07, 6.45) is 4.67. The molecule has 0 spiro atoms. The fourth-order valence-electron chi connectivity index (χ4n) is 2.32. The molecular weight excluding hydrogens is 285 g/mol. The Morgan fingerprint density at radius 1 is 1.47 bits per heavy atom. The summed E-state index contributed by atoms with van der Waals surface area (Å²) in [4.78, 5) is 16.2. The lowest BCUT2D eigenvalue weighted by Gasteiger charge is -2.15. The second-order valence-corrected chi connectivity index (χ2v) is 4.69. The highest BCUT2D eigenvalue weighted by atomic mass is 35.5. The van der Waals surface area contributed by atoms with E-state index in [0.29, 0.717) is 6.54 Å². The molecule has 19 heavy (non-hydrogen) atoms. The average Bonchev–Trinajstić information content (AvgIpc) is 2.74. The number of hydrogen-bond acceptors (Lipinski definition) is 3. The molecule has 1 saturated carbocycles. The van der Waals surface area contributed by atoms with Crippen molar-refractivity contribution in [3.05, 3.63) is 29.6 Å². The quantitative estimate of drug-likeness (QED) is 0.897. The zero-order chi connectivity index (χ0) is 12.3. The lowest BCUT2D eigenvalue weighted by molar-refractivity contribution is -0.125. The Bertz CT molecular complexity index is 415. The van der Waals surface area contributed by atoms with Crippen LogP contribution in [-0.4, -0.2) is 16.9 Å². The number of rotatable bonds is 3. The Hall–Kier alpha value is -0.840. The first kappa shape index (κ1) is 18.2. The van der Waals surface area contributed by atoms with Gasteiger partial charge in [0.1, 0.15) is 0 Å². The Labute approximate surface area is 126 Å². The SMILES string of the molecule is Cc1cccnc1CNC(=O)C1CCCC1N.Cl.Cl. The summed E-state index contributed by atoms with van der Waals surface area (Å²) >= 11 is 0. The number of aromatic nitrogens is 1. The molecule has 1 aliphatic carbocycles. The van der Waals surface area contributed by atoms with Crippen molar-refractivity contribution in [3.8, 4) is 0 Å². The van der Waals surface area contributed by atoms with Crippen LogP contribution in [0.2, 0.25) is 0 Å². The lowest BCUT2D eigenvalue weighted by atomic mass is 10.0. The van der Waals surface area contributed by atoms with E-state index in [4.69, 9.17) is 5.73 Å². The molecule has 1 aromatic rings. The van der Waals surface area contributed by atoms with E-state index in [9.17, 15) is 4.79 Å². The summed E-state index contributed by atoms with van der Waals surface area (Å²) in [7, 11) is 0. The van der Waals surface area contributed by atoms with Crippen LogP contribution in [0.3, 0.4) is 0 Å². The first-order chi connectivity index (χ1) is 8.18. The van der Waals surface area contributed by atoms with Crippen LogP contribution in [0.1, 0.15) is 30.5 Å². The predicted octanol–water partition coefficient (Wildman–Crippen LogP) is 1.98. The standard InChI is InChI=1S/C13H19N3O.2ClH/c1-9-4-3-7-15-12(9)8-16-13(17)10-5-2-6-11(10)14;;/h3-4,7,10-11H,2,5-6,8,14H2,1H3,(H,16,17);2*1H. The lowest BCUT2D eigenvalue weighted by Crippen LogP contribution is -2.38. The third kappa shape index (κ3) is 4.64. The van der Waals surface area contributed by atoms with Crippen LogP contribution in [0.5, 0.6) is 0 Å². The van der Waals surface area contributed by atoms with Gasteiger partial charge < -0.3 is 11.1 Å². The monoisotopic (exact) mass is 305 g/mol. The summed E-state index contributed by atoms with van der Waals surface area (Å²) in [5.74, 6) is 0.0547. The van der Waals surface area contributed by atoms with Gasteiger partial charge in [-0.2, -0.15) is 0 Å². The van der Waals surface area contributed by atoms with Crippen molar-refractivity contribution in [2.24, 2.45) is 11.7 Å². The second kappa shape index (κ2) is 8.35. The third-order valence-corrected chi connectivity index (χ3v) is 3.45. The number of aryl methyl sites for hydroxylation is 1. The van der Waals surface area contributed by atoms with E-state index in [1.807, 2.05) is 19.1 Å². The number of nitrogens with zero attached hydrogens (tertiary/aromatic N) is 1. The van der Waals surface area contributed by atoms with E-state index in [2.05, 4.69) is 10.3 Å². The van der Waals surface area contributed by atoms with Crippen molar-refractivity contribution in [3.63, 3.8) is 0 Å². The number of amides is 1. The van der Waals surface area contributed by atoms with E-state index in [0.717, 1.165) is 30.5 Å². The molecule has 2 unspecified atom stereocenters. The fourth-order valence-corrected chi connectivity index (χ4v) is 2.32. The molecule has 4 nitrogen and oxygen atoms in total. The minimum absolute atomic E-state index is 0. The van der Waals surface area contributed by atoms with Crippen molar-refractivity contribution in [2.75, 3.05) is 0 Å². The summed E-state index contributed by atoms with van der Waals surface area (Å²) in [5.41, 5.74) is 7.93. The highest BCUT2D eigenvalue weighted by Crippen LogP contribution is 2.23. The Kier molecular flexibility index (Phi) is 7.99. The molecule has 0 aromatic carbocycles. The van der Waals surface area contributed by atoms with Crippen molar-refractivity contribution in [1.82, 2.24) is 10.3 Å². The molecule has 1 aliphatic rings. The first-order valence-corrected chi connectivity index (χ1v) is 6.12. The zero-order valence-electron chi connectivity index (χ0n) is 11.0. The molecule has 0 radical (unpaired) electrons. The van der Waals surface area contributed by atoms with Gasteiger partial charge in [0.25, 0.3) is 0 Å². The molecule has 1 aromatic heterocycles. The minimum atomic E-state index is -0.0148. The molecule has 1 amide bonds. The number of nitrogens with two attached hydrogens (primary N) is 1. The highest BCUT2D eigenvalue weighted by molar-refractivity contribution is 5.85. The topological polar surface area (TPSA) is 68.0 Å². The van der Waals surface area contributed by atoms with Crippen LogP contribution < -0.4 is 11.1 Å². The minimum Gasteiger partial charge on any atom is -0.350 e. The van der Waals surface area contributed by atoms with Gasteiger partial charge in [0, 0.05) is 12.2 Å². The van der Waals surface area contributed by atoms with Gasteiger partial charge in [0.2, 0.25) is 5.91 Å². The van der Waals surface area contributed by atoms with Crippen molar-refractivity contribution >= 4 is 30.7 Å². The van der Waals surface area contributed by atoms with Crippen LogP contribution in [0.4, 0.5) is 0 Å². The van der Waals surface area contributed by atoms with Gasteiger partial charge >= 0.3 is 0 Å². The molecule has 0 bridgehead atoms. The van der Waals surface area contributed by atoms with E-state index in [1.165, 1.54) is 0 Å². The summed E-state index contributed by atoms with van der Waals surface area (Å²) in [6.45, 7) is 2.49. The van der Waals surface area contributed by atoms with Gasteiger partial charge in [-0.25, -0.2) is 0 Å². The van der Waals surface area contributed by atoms with Gasteiger partial charge in [0.15, 0.2) is 0 Å². The van der Waals surface area contributed by atoms with Gasteiger partial charge in [-0.3, -0.25) is 9.78 Å². The van der Waals surface area contributed by atoms with Crippen molar-refractivity contribution in [2.45, 2.75) is 38.8 Å². The van der Waals surface area contributed by atoms with Crippen LogP contribution in [0, 0.1) is 12.8 Å². The van der Waals surface area contributed by atoms with E-state index in [1.54, 1.807) is 6.20 Å². The normalized spacial score (nSPS) is 21.2. The average molecular weight is 306 g/mol. The van der Waals surface area contributed by atoms with Crippen LogP contribution in [0.25, 0.3) is 0 Å². The summed E-state index contributed by atoms with van der Waals surface area (Å²) in [5, 5.41) is 2.93. The molecule has 6 heteroatoms. The molecule has 1 fully saturated rings. The predicted molar refractivity (Wildman–Crippen MR) is 80.6 cm³/mol. The van der Waals surface area contributed by atoms with Crippen LogP contribution in [-0.2, 0) is 11.3 Å². The van der Waals surface area contributed by atoms with Gasteiger partial charge in [0.05, 0.1) is 18.2 Å². The highest BCUT2D eigenvalue weighted by Gasteiger charge is 2.29. The third-order valence-electron chi connectivity index (χ3n) is 3.45. The number of halogens is 2. The molecule has 0 saturated heterocycles. The number of carbonyl (C=O) groups is 1. The number of carbonyl (C=O) groups excluding carboxylic acids is 1. The van der Waals surface area contributed by atoms with E-state index < -0.39 is 0 Å². The van der Waals surface area contributed by atoms with Crippen LogP contribution in [0.15, 0.2) is 18.3 Å². The number of hydrogen-bond donors (Lipinski definition) is 2. The van der Waals surface area contributed by atoms with Crippen LogP contribution >= 0.6 is 24.8 Å². The smallest absolute Gasteiger partial charge is 0.224 e. The zero-order valence-corrected chi connectivity index (χ0v) is 12.6. The van der Waals surface area contributed by atoms with Gasteiger partial charge in [-0.05, 0) is 31.4 Å². The number of pyridine rings is 1. The Balaban J connectivity index is 0.00000162. The molecule has 2 rings (SSSR count). The molecule has 3 N–H and O–H groups in total. The van der Waals surface area contributed by atoms with Gasteiger partial charge in [-0.15, -0.1) is 24.8 Å². The van der Waals surface area contributed by atoms with Crippen molar-refractivity contribution < 1.29 is 4.79 Å². The molecular formula is C13H21Cl2N3O. The molecule has 0 aliphatic heterocycles. The Morgan fingerprint density at radius 3 is 2.79 bits per heavy atom. The summed E-state index contributed by atoms with van der Waals surface area (Å²) < 4.78 is 0. The molecule has 108 valence electrons. The summed E-state index contributed by atoms with van der Waals surface area (Å²) in [6, 6.07) is 3.92. The first-order valence-electron chi connectivity index (χ1n) is 6.12. The second-order valence-electron chi connectivity index (χ2n) is 4.69. The maximum absolute atomic E-state index is 11.9. The largest absolute Gasteiger partial charge is 0.350 e. The van der Waals surface area contributed by atoms with Gasteiger partial charge in [-0.1, -0.05) is 12.5 Å². The fraction of sp³-hybridized carbons (Fsp3) is 0.538. The Morgan fingerprint density at radius 2 is 2.21 bits per heavy atom. The van der Waals surface area contributed by atoms with Crippen molar-refractivity contribution in [1.29, 1.82) is 0 Å². The molecule has 1 heterocycles.